The number of hydrogen-bond donors (Lipinski definition) is 1. The first kappa shape index (κ1) is 14.8. The Morgan fingerprint density at radius 2 is 2.24 bits per heavy atom. The van der Waals surface area contributed by atoms with Gasteiger partial charge < -0.3 is 10.2 Å². The third kappa shape index (κ3) is 3.55. The summed E-state index contributed by atoms with van der Waals surface area (Å²) in [4.78, 5) is 9.58. The van der Waals surface area contributed by atoms with Gasteiger partial charge in [-0.25, -0.2) is 4.98 Å². The minimum Gasteiger partial charge on any atom is -0.370 e. The third-order valence-electron chi connectivity index (χ3n) is 5.02. The molecule has 2 atom stereocenters. The highest BCUT2D eigenvalue weighted by Crippen LogP contribution is 2.30. The monoisotopic (exact) mass is 288 g/mol. The van der Waals surface area contributed by atoms with E-state index in [4.69, 9.17) is 0 Å². The fourth-order valence-corrected chi connectivity index (χ4v) is 3.98. The topological polar surface area (TPSA) is 31.4 Å². The molecule has 2 aliphatic rings. The molecular formula is C17H28N4. The Labute approximate surface area is 128 Å². The van der Waals surface area contributed by atoms with Gasteiger partial charge in [-0.15, -0.1) is 0 Å². The Morgan fingerprint density at radius 3 is 3.10 bits per heavy atom. The predicted octanol–water partition coefficient (Wildman–Crippen LogP) is 2.43. The zero-order valence-corrected chi connectivity index (χ0v) is 13.4. The molecule has 4 heteroatoms. The van der Waals surface area contributed by atoms with E-state index in [1.54, 1.807) is 0 Å². The number of aromatic nitrogens is 1. The molecule has 0 aliphatic carbocycles. The summed E-state index contributed by atoms with van der Waals surface area (Å²) >= 11 is 0. The van der Waals surface area contributed by atoms with Crippen molar-refractivity contribution in [3.63, 3.8) is 0 Å². The molecule has 4 nitrogen and oxygen atoms in total. The summed E-state index contributed by atoms with van der Waals surface area (Å²) in [6.45, 7) is 7.87. The van der Waals surface area contributed by atoms with Crippen LogP contribution in [0, 0.1) is 5.92 Å². The highest BCUT2D eigenvalue weighted by Gasteiger charge is 2.33. The van der Waals surface area contributed by atoms with E-state index in [2.05, 4.69) is 46.2 Å². The summed E-state index contributed by atoms with van der Waals surface area (Å²) in [6.07, 6.45) is 6.02. The van der Waals surface area contributed by atoms with Crippen LogP contribution in [-0.2, 0) is 6.54 Å². The van der Waals surface area contributed by atoms with E-state index >= 15 is 0 Å². The van der Waals surface area contributed by atoms with Crippen molar-refractivity contribution in [1.29, 1.82) is 0 Å². The highest BCUT2D eigenvalue weighted by molar-refractivity contribution is 5.37. The number of pyridine rings is 1. The second kappa shape index (κ2) is 6.75. The zero-order chi connectivity index (χ0) is 14.7. The maximum Gasteiger partial charge on any atom is 0.126 e. The summed E-state index contributed by atoms with van der Waals surface area (Å²) in [5.74, 6) is 1.87. The molecule has 2 aliphatic heterocycles. The molecule has 3 rings (SSSR count). The number of nitrogens with zero attached hydrogens (tertiary/aromatic N) is 3. The van der Waals surface area contributed by atoms with Crippen LogP contribution in [0.1, 0.15) is 31.7 Å². The molecule has 1 aromatic rings. The second-order valence-corrected chi connectivity index (χ2v) is 6.55. The number of fused-ring (bicyclic) bond motifs is 1. The summed E-state index contributed by atoms with van der Waals surface area (Å²) in [5, 5.41) is 3.30. The second-order valence-electron chi connectivity index (χ2n) is 6.55. The van der Waals surface area contributed by atoms with E-state index in [0.29, 0.717) is 0 Å². The average molecular weight is 288 g/mol. The molecule has 0 saturated carbocycles. The minimum atomic E-state index is 0.824. The van der Waals surface area contributed by atoms with Crippen LogP contribution in [0.25, 0.3) is 0 Å². The number of anilines is 1. The quantitative estimate of drug-likeness (QED) is 0.922. The van der Waals surface area contributed by atoms with E-state index in [-0.39, 0.29) is 0 Å². The molecule has 2 unspecified atom stereocenters. The average Bonchev–Trinajstić information content (AvgIpc) is 2.48. The van der Waals surface area contributed by atoms with Crippen molar-refractivity contribution in [2.45, 2.75) is 38.8 Å². The molecule has 2 fully saturated rings. The molecule has 1 aromatic heterocycles. The molecule has 0 radical (unpaired) electrons. The van der Waals surface area contributed by atoms with Crippen LogP contribution in [0.4, 0.5) is 5.82 Å². The smallest absolute Gasteiger partial charge is 0.126 e. The van der Waals surface area contributed by atoms with E-state index < -0.39 is 0 Å². The maximum absolute atomic E-state index is 4.36. The van der Waals surface area contributed by atoms with Gasteiger partial charge in [0.25, 0.3) is 0 Å². The van der Waals surface area contributed by atoms with Gasteiger partial charge in [-0.3, -0.25) is 4.90 Å². The van der Waals surface area contributed by atoms with Gasteiger partial charge in [0, 0.05) is 31.9 Å². The zero-order valence-electron chi connectivity index (χ0n) is 13.4. The van der Waals surface area contributed by atoms with Crippen molar-refractivity contribution < 1.29 is 0 Å². The van der Waals surface area contributed by atoms with E-state index in [9.17, 15) is 0 Å². The molecule has 116 valence electrons. The van der Waals surface area contributed by atoms with Crippen molar-refractivity contribution in [2.24, 2.45) is 5.92 Å². The lowest BCUT2D eigenvalue weighted by molar-refractivity contribution is 0.0355. The number of hydrogen-bond acceptors (Lipinski definition) is 4. The molecule has 21 heavy (non-hydrogen) atoms. The standard InChI is InChI=1S/C17H28N4/c1-3-18-17-11-14(6-8-19-17)12-21-10-7-16-15(13-21)5-4-9-20(16)2/h6,8,11,15-16H,3-5,7,9-10,12-13H2,1-2H3,(H,18,19). The first-order valence-electron chi connectivity index (χ1n) is 8.37. The lowest BCUT2D eigenvalue weighted by Crippen LogP contribution is -2.52. The fourth-order valence-electron chi connectivity index (χ4n) is 3.98. The van der Waals surface area contributed by atoms with Crippen LogP contribution >= 0.6 is 0 Å². The molecule has 0 spiro atoms. The molecular weight excluding hydrogens is 260 g/mol. The third-order valence-corrected chi connectivity index (χ3v) is 5.02. The van der Waals surface area contributed by atoms with E-state index in [1.807, 2.05) is 6.20 Å². The normalized spacial score (nSPS) is 27.3. The molecule has 0 bridgehead atoms. The first-order valence-corrected chi connectivity index (χ1v) is 8.37. The van der Waals surface area contributed by atoms with Crippen molar-refractivity contribution in [3.05, 3.63) is 23.9 Å². The van der Waals surface area contributed by atoms with Crippen molar-refractivity contribution in [3.8, 4) is 0 Å². The minimum absolute atomic E-state index is 0.824. The van der Waals surface area contributed by atoms with Gasteiger partial charge in [-0.05, 0) is 69.9 Å². The van der Waals surface area contributed by atoms with Gasteiger partial charge in [-0.2, -0.15) is 0 Å². The molecule has 0 amide bonds. The maximum atomic E-state index is 4.36. The Morgan fingerprint density at radius 1 is 1.33 bits per heavy atom. The molecule has 1 N–H and O–H groups in total. The summed E-state index contributed by atoms with van der Waals surface area (Å²) < 4.78 is 0. The Kier molecular flexibility index (Phi) is 4.76. The van der Waals surface area contributed by atoms with Crippen molar-refractivity contribution in [2.75, 3.05) is 38.5 Å². The Bertz CT molecular complexity index is 462. The molecule has 2 saturated heterocycles. The first-order chi connectivity index (χ1) is 10.3. The number of rotatable bonds is 4. The summed E-state index contributed by atoms with van der Waals surface area (Å²) in [5.41, 5.74) is 1.38. The van der Waals surface area contributed by atoms with Crippen molar-refractivity contribution >= 4 is 5.82 Å². The molecule has 0 aromatic carbocycles. The van der Waals surface area contributed by atoms with Gasteiger partial charge in [0.05, 0.1) is 0 Å². The number of piperidine rings is 2. The van der Waals surface area contributed by atoms with Gasteiger partial charge >= 0.3 is 0 Å². The Hall–Kier alpha value is -1.13. The lowest BCUT2D eigenvalue weighted by atomic mass is 9.84. The predicted molar refractivity (Wildman–Crippen MR) is 87.4 cm³/mol. The van der Waals surface area contributed by atoms with Crippen LogP contribution in [0.2, 0.25) is 0 Å². The largest absolute Gasteiger partial charge is 0.370 e. The SMILES string of the molecule is CCNc1cc(CN2CCC3C(CCCN3C)C2)ccn1. The van der Waals surface area contributed by atoms with Crippen LogP contribution in [0.15, 0.2) is 18.3 Å². The number of likely N-dealkylation sites (tertiary alicyclic amines) is 2. The van der Waals surface area contributed by atoms with Gasteiger partial charge in [0.2, 0.25) is 0 Å². The lowest BCUT2D eigenvalue weighted by Gasteiger charge is -2.46. The van der Waals surface area contributed by atoms with Crippen molar-refractivity contribution in [1.82, 2.24) is 14.8 Å². The van der Waals surface area contributed by atoms with Gasteiger partial charge in [0.15, 0.2) is 0 Å². The van der Waals surface area contributed by atoms with Crippen LogP contribution < -0.4 is 5.32 Å². The Balaban J connectivity index is 1.60. The summed E-state index contributed by atoms with van der Waals surface area (Å²) in [6, 6.07) is 5.17. The van der Waals surface area contributed by atoms with Gasteiger partial charge in [0.1, 0.15) is 5.82 Å². The highest BCUT2D eigenvalue weighted by atomic mass is 15.2. The fraction of sp³-hybridized carbons (Fsp3) is 0.706. The van der Waals surface area contributed by atoms with Crippen LogP contribution in [-0.4, -0.2) is 54.1 Å². The number of nitrogens with one attached hydrogen (secondary N) is 1. The molecule has 3 heterocycles. The van der Waals surface area contributed by atoms with E-state index in [0.717, 1.165) is 30.9 Å². The van der Waals surface area contributed by atoms with Crippen LogP contribution in [0.5, 0.6) is 0 Å². The summed E-state index contributed by atoms with van der Waals surface area (Å²) in [7, 11) is 2.30. The van der Waals surface area contributed by atoms with Gasteiger partial charge in [-0.1, -0.05) is 0 Å². The van der Waals surface area contributed by atoms with E-state index in [1.165, 1.54) is 44.5 Å². The van der Waals surface area contributed by atoms with Crippen LogP contribution in [0.3, 0.4) is 0 Å².